The van der Waals surface area contributed by atoms with Crippen LogP contribution in [0.5, 0.6) is 17.2 Å². The highest BCUT2D eigenvalue weighted by atomic mass is 32.2. The normalized spacial score (nSPS) is 13.3. The predicted molar refractivity (Wildman–Crippen MR) is 157 cm³/mol. The summed E-state index contributed by atoms with van der Waals surface area (Å²) in [6.45, 7) is 8.93. The fourth-order valence-corrected chi connectivity index (χ4v) is 4.26. The number of halogens is 1. The Balaban J connectivity index is 0.00000153. The highest BCUT2D eigenvalue weighted by Gasteiger charge is 2.20. The maximum atomic E-state index is 13.4. The van der Waals surface area contributed by atoms with Gasteiger partial charge in [0.25, 0.3) is 6.47 Å². The van der Waals surface area contributed by atoms with Crippen molar-refractivity contribution < 1.29 is 28.5 Å². The molecular weight excluding hydrogens is 509 g/mol. The lowest BCUT2D eigenvalue weighted by molar-refractivity contribution is -0.122. The smallest absolute Gasteiger partial charge is 0.290 e. The standard InChI is InChI=1S/C23H29FN2O3S.C2H7N.C2H6.CH2O2/c1-5-16-10-20(27-3)23(21(11-16)28-4)29-13-22-26-18(14-30-22)8-9-25-19-12-17(24)7-6-15(19)2;1-3-2;1-2;2-1-3/h6-7,10-12,18,25H,5,8-9,13-14H2,1-4H3;3H,1-2H3;1-2H3;1H,(H,2,3). The highest BCUT2D eigenvalue weighted by molar-refractivity contribution is 8.14. The molecule has 38 heavy (non-hydrogen) atoms. The van der Waals surface area contributed by atoms with Gasteiger partial charge in [0.05, 0.1) is 20.3 Å². The summed E-state index contributed by atoms with van der Waals surface area (Å²) in [5.74, 6) is 2.63. The number of aryl methyl sites for hydroxylation is 2. The zero-order valence-corrected chi connectivity index (χ0v) is 24.7. The van der Waals surface area contributed by atoms with Crippen LogP contribution in [-0.4, -0.2) is 69.9 Å². The summed E-state index contributed by atoms with van der Waals surface area (Å²) in [7, 11) is 7.01. The van der Waals surface area contributed by atoms with Crippen LogP contribution in [0.25, 0.3) is 0 Å². The number of hydrogen-bond donors (Lipinski definition) is 3. The van der Waals surface area contributed by atoms with Crippen LogP contribution in [-0.2, 0) is 11.2 Å². The molecule has 0 spiro atoms. The average Bonchev–Trinajstić information content (AvgIpc) is 3.38. The monoisotopic (exact) mass is 553 g/mol. The number of rotatable bonds is 10. The fourth-order valence-electron chi connectivity index (χ4n) is 3.27. The number of ether oxygens (including phenoxy) is 3. The predicted octanol–water partition coefficient (Wildman–Crippen LogP) is 5.67. The zero-order chi connectivity index (χ0) is 28.9. The third kappa shape index (κ3) is 12.5. The van der Waals surface area contributed by atoms with E-state index in [0.29, 0.717) is 23.9 Å². The Labute approximate surface area is 231 Å². The van der Waals surface area contributed by atoms with E-state index in [1.54, 1.807) is 32.0 Å². The molecule has 1 unspecified atom stereocenters. The van der Waals surface area contributed by atoms with Gasteiger partial charge in [-0.1, -0.05) is 26.8 Å². The summed E-state index contributed by atoms with van der Waals surface area (Å²) >= 11 is 1.71. The van der Waals surface area contributed by atoms with Crippen LogP contribution < -0.4 is 24.8 Å². The largest absolute Gasteiger partial charge is 0.493 e. The molecule has 10 heteroatoms. The number of carbonyl (C=O) groups is 1. The van der Waals surface area contributed by atoms with E-state index in [0.717, 1.165) is 47.0 Å². The van der Waals surface area contributed by atoms with E-state index < -0.39 is 0 Å². The molecule has 1 atom stereocenters. The van der Waals surface area contributed by atoms with Crippen molar-refractivity contribution in [3.63, 3.8) is 0 Å². The molecule has 214 valence electrons. The molecule has 3 rings (SSSR count). The molecule has 0 aromatic heterocycles. The van der Waals surface area contributed by atoms with Gasteiger partial charge in [0.15, 0.2) is 11.5 Å². The van der Waals surface area contributed by atoms with Crippen molar-refractivity contribution in [1.29, 1.82) is 0 Å². The molecule has 1 heterocycles. The Kier molecular flexibility index (Phi) is 19.4. The van der Waals surface area contributed by atoms with Gasteiger partial charge in [-0.05, 0) is 69.3 Å². The first kappa shape index (κ1) is 35.0. The van der Waals surface area contributed by atoms with E-state index in [9.17, 15) is 4.39 Å². The van der Waals surface area contributed by atoms with Gasteiger partial charge in [-0.3, -0.25) is 9.79 Å². The molecule has 2 aromatic carbocycles. The van der Waals surface area contributed by atoms with Gasteiger partial charge in [-0.2, -0.15) is 0 Å². The van der Waals surface area contributed by atoms with E-state index in [-0.39, 0.29) is 18.3 Å². The molecule has 0 saturated carbocycles. The van der Waals surface area contributed by atoms with Crippen LogP contribution >= 0.6 is 11.8 Å². The zero-order valence-electron chi connectivity index (χ0n) is 23.9. The Morgan fingerprint density at radius 1 is 1.16 bits per heavy atom. The third-order valence-corrected chi connectivity index (χ3v) is 6.14. The first-order valence-electron chi connectivity index (χ1n) is 12.6. The van der Waals surface area contributed by atoms with Crippen molar-refractivity contribution >= 4 is 29.0 Å². The number of benzene rings is 2. The molecule has 2 aromatic rings. The lowest BCUT2D eigenvalue weighted by atomic mass is 10.1. The first-order valence-corrected chi connectivity index (χ1v) is 13.6. The van der Waals surface area contributed by atoms with Crippen LogP contribution in [0.3, 0.4) is 0 Å². The lowest BCUT2D eigenvalue weighted by Crippen LogP contribution is -2.12. The molecular formula is C28H44FN3O5S. The van der Waals surface area contributed by atoms with Crippen molar-refractivity contribution in [2.45, 2.75) is 46.6 Å². The quantitative estimate of drug-likeness (QED) is 0.324. The van der Waals surface area contributed by atoms with Gasteiger partial charge in [0.1, 0.15) is 17.5 Å². The molecule has 1 aliphatic heterocycles. The molecule has 0 amide bonds. The van der Waals surface area contributed by atoms with Crippen molar-refractivity contribution in [2.24, 2.45) is 4.99 Å². The Morgan fingerprint density at radius 3 is 2.26 bits per heavy atom. The number of nitrogens with zero attached hydrogens (tertiary/aromatic N) is 1. The summed E-state index contributed by atoms with van der Waals surface area (Å²) < 4.78 is 30.4. The summed E-state index contributed by atoms with van der Waals surface area (Å²) in [4.78, 5) is 13.1. The minimum atomic E-state index is -0.250. The Hall–Kier alpha value is -2.98. The lowest BCUT2D eigenvalue weighted by Gasteiger charge is -2.15. The van der Waals surface area contributed by atoms with Gasteiger partial charge < -0.3 is 30.0 Å². The van der Waals surface area contributed by atoms with Gasteiger partial charge in [0, 0.05) is 18.0 Å². The van der Waals surface area contributed by atoms with Crippen molar-refractivity contribution in [1.82, 2.24) is 5.32 Å². The van der Waals surface area contributed by atoms with Crippen LogP contribution in [0.1, 0.15) is 38.3 Å². The summed E-state index contributed by atoms with van der Waals surface area (Å²) in [5.41, 5.74) is 3.00. The second-order valence-electron chi connectivity index (χ2n) is 7.74. The van der Waals surface area contributed by atoms with E-state index >= 15 is 0 Å². The van der Waals surface area contributed by atoms with Crippen molar-refractivity contribution in [2.75, 3.05) is 52.5 Å². The van der Waals surface area contributed by atoms with E-state index in [1.165, 1.54) is 12.1 Å². The fraction of sp³-hybridized carbons (Fsp3) is 0.500. The Bertz CT molecular complexity index is 950. The van der Waals surface area contributed by atoms with Crippen LogP contribution in [0.15, 0.2) is 35.3 Å². The summed E-state index contributed by atoms with van der Waals surface area (Å²) in [5, 5.41) is 13.9. The number of aliphatic imine (C=N–C) groups is 1. The molecule has 0 saturated heterocycles. The molecule has 8 nitrogen and oxygen atoms in total. The number of carboxylic acid groups (broad SMARTS) is 1. The first-order chi connectivity index (χ1) is 18.4. The van der Waals surface area contributed by atoms with Gasteiger partial charge in [-0.15, -0.1) is 11.8 Å². The van der Waals surface area contributed by atoms with Crippen LogP contribution in [0.2, 0.25) is 0 Å². The van der Waals surface area contributed by atoms with E-state index in [1.807, 2.05) is 47.0 Å². The number of hydrogen-bond acceptors (Lipinski definition) is 8. The third-order valence-electron chi connectivity index (χ3n) is 5.03. The van der Waals surface area contributed by atoms with Crippen LogP contribution in [0, 0.1) is 12.7 Å². The molecule has 0 bridgehead atoms. The SMILES string of the molecule is CC.CCc1cc(OC)c(OCC2=NC(CCNc3cc(F)ccc3C)CS2)c(OC)c1.CNC.O=CO. The minimum absolute atomic E-state index is 0.223. The molecule has 1 aliphatic rings. The second-order valence-corrected chi connectivity index (χ2v) is 8.83. The van der Waals surface area contributed by atoms with Gasteiger partial charge in [0.2, 0.25) is 5.75 Å². The summed E-state index contributed by atoms with van der Waals surface area (Å²) in [6.07, 6.45) is 1.77. The molecule has 0 radical (unpaired) electrons. The molecule has 3 N–H and O–H groups in total. The van der Waals surface area contributed by atoms with Gasteiger partial charge in [-0.25, -0.2) is 4.39 Å². The number of nitrogens with one attached hydrogen (secondary N) is 2. The highest BCUT2D eigenvalue weighted by Crippen LogP contribution is 2.39. The number of thioether (sulfide) groups is 1. The molecule has 0 aliphatic carbocycles. The van der Waals surface area contributed by atoms with Crippen LogP contribution in [0.4, 0.5) is 10.1 Å². The number of methoxy groups -OCH3 is 2. The average molecular weight is 554 g/mol. The topological polar surface area (TPSA) is 101 Å². The van der Waals surface area contributed by atoms with E-state index in [2.05, 4.69) is 17.6 Å². The Morgan fingerprint density at radius 2 is 1.74 bits per heavy atom. The molecule has 0 fully saturated rings. The van der Waals surface area contributed by atoms with Gasteiger partial charge >= 0.3 is 0 Å². The maximum Gasteiger partial charge on any atom is 0.290 e. The van der Waals surface area contributed by atoms with Crippen molar-refractivity contribution in [3.05, 3.63) is 47.3 Å². The van der Waals surface area contributed by atoms with Crippen molar-refractivity contribution in [3.8, 4) is 17.2 Å². The maximum absolute atomic E-state index is 13.4. The minimum Gasteiger partial charge on any atom is -0.493 e. The second kappa shape index (κ2) is 21.0. The summed E-state index contributed by atoms with van der Waals surface area (Å²) in [6, 6.07) is 8.97. The number of anilines is 1. The van der Waals surface area contributed by atoms with E-state index in [4.69, 9.17) is 29.1 Å².